The molecule has 122 valence electrons. The number of hydrogen-bond acceptors (Lipinski definition) is 3. The number of aliphatic hydroxyl groups is 2. The molecular weight excluding hydrogens is 309 g/mol. The second kappa shape index (κ2) is 6.52. The monoisotopic (exact) mass is 329 g/mol. The van der Waals surface area contributed by atoms with Gasteiger partial charge in [-0.05, 0) is 18.6 Å². The molecule has 1 aliphatic rings. The van der Waals surface area contributed by atoms with Crippen LogP contribution in [0.4, 0.5) is 4.39 Å². The normalized spacial score (nSPS) is 20.8. The van der Waals surface area contributed by atoms with Gasteiger partial charge in [-0.1, -0.05) is 24.6 Å². The van der Waals surface area contributed by atoms with E-state index < -0.39 is 5.41 Å². The zero-order valence-corrected chi connectivity index (χ0v) is 13.5. The average molecular weight is 330 g/mol. The van der Waals surface area contributed by atoms with Crippen molar-refractivity contribution in [3.63, 3.8) is 0 Å². The molecule has 4 nitrogen and oxygen atoms in total. The molecule has 1 fully saturated rings. The molecule has 22 heavy (non-hydrogen) atoms. The van der Waals surface area contributed by atoms with Crippen molar-refractivity contribution in [2.45, 2.75) is 19.3 Å². The van der Waals surface area contributed by atoms with Crippen LogP contribution in [0.2, 0.25) is 5.02 Å². The van der Waals surface area contributed by atoms with Crippen molar-refractivity contribution >= 4 is 17.5 Å². The Balaban J connectivity index is 2.04. The van der Waals surface area contributed by atoms with Gasteiger partial charge in [0.25, 0.3) is 0 Å². The van der Waals surface area contributed by atoms with Gasteiger partial charge in [0.1, 0.15) is 5.82 Å². The van der Waals surface area contributed by atoms with Gasteiger partial charge in [0.15, 0.2) is 0 Å². The first-order chi connectivity index (χ1) is 10.3. The SMILES string of the molecule is CN(CC(C)(CO)CO)C(=O)C1CC1c1c(F)cccc1Cl. The lowest BCUT2D eigenvalue weighted by atomic mass is 9.92. The summed E-state index contributed by atoms with van der Waals surface area (Å²) in [6.07, 6.45) is 0.568. The van der Waals surface area contributed by atoms with Crippen molar-refractivity contribution in [3.05, 3.63) is 34.6 Å². The van der Waals surface area contributed by atoms with E-state index in [1.54, 1.807) is 26.1 Å². The predicted molar refractivity (Wildman–Crippen MR) is 82.2 cm³/mol. The minimum atomic E-state index is -0.746. The Morgan fingerprint density at radius 3 is 2.64 bits per heavy atom. The van der Waals surface area contributed by atoms with Gasteiger partial charge in [0.2, 0.25) is 5.91 Å². The molecule has 1 amide bonds. The van der Waals surface area contributed by atoms with Crippen LogP contribution >= 0.6 is 11.6 Å². The van der Waals surface area contributed by atoms with Crippen LogP contribution in [-0.4, -0.2) is 47.8 Å². The molecule has 1 saturated carbocycles. The number of aliphatic hydroxyl groups excluding tert-OH is 2. The Labute approximate surface area is 134 Å². The van der Waals surface area contributed by atoms with Crippen molar-refractivity contribution < 1.29 is 19.4 Å². The Kier molecular flexibility index (Phi) is 5.10. The second-order valence-electron chi connectivity index (χ2n) is 6.41. The third-order valence-corrected chi connectivity index (χ3v) is 4.57. The Morgan fingerprint density at radius 1 is 1.45 bits per heavy atom. The molecule has 1 aromatic carbocycles. The van der Waals surface area contributed by atoms with Crippen molar-refractivity contribution in [1.29, 1.82) is 0 Å². The third kappa shape index (κ3) is 3.42. The lowest BCUT2D eigenvalue weighted by Crippen LogP contribution is -2.42. The Hall–Kier alpha value is -1.17. The van der Waals surface area contributed by atoms with Gasteiger partial charge in [-0.15, -0.1) is 0 Å². The van der Waals surface area contributed by atoms with E-state index in [2.05, 4.69) is 0 Å². The summed E-state index contributed by atoms with van der Waals surface area (Å²) in [5.41, 5.74) is -0.340. The van der Waals surface area contributed by atoms with E-state index in [1.165, 1.54) is 11.0 Å². The van der Waals surface area contributed by atoms with E-state index in [1.807, 2.05) is 0 Å². The topological polar surface area (TPSA) is 60.8 Å². The quantitative estimate of drug-likeness (QED) is 0.839. The van der Waals surface area contributed by atoms with Crippen LogP contribution in [0.25, 0.3) is 0 Å². The summed E-state index contributed by atoms with van der Waals surface area (Å²) in [6.45, 7) is 1.52. The molecule has 0 aliphatic heterocycles. The van der Waals surface area contributed by atoms with E-state index in [-0.39, 0.29) is 43.3 Å². The Bertz CT molecular complexity index is 542. The Morgan fingerprint density at radius 2 is 2.09 bits per heavy atom. The first-order valence-electron chi connectivity index (χ1n) is 7.23. The molecular formula is C16H21ClFNO3. The summed E-state index contributed by atoms with van der Waals surface area (Å²) in [7, 11) is 1.63. The maximum absolute atomic E-state index is 13.9. The smallest absolute Gasteiger partial charge is 0.226 e. The fourth-order valence-corrected chi connectivity index (χ4v) is 3.04. The summed E-state index contributed by atoms with van der Waals surface area (Å²) < 4.78 is 13.9. The molecule has 1 aromatic rings. The number of carbonyl (C=O) groups is 1. The molecule has 0 spiro atoms. The number of nitrogens with zero attached hydrogens (tertiary/aromatic N) is 1. The first-order valence-corrected chi connectivity index (χ1v) is 7.61. The largest absolute Gasteiger partial charge is 0.396 e. The fraction of sp³-hybridized carbons (Fsp3) is 0.562. The highest BCUT2D eigenvalue weighted by Crippen LogP contribution is 2.51. The molecule has 0 heterocycles. The van der Waals surface area contributed by atoms with E-state index in [9.17, 15) is 19.4 Å². The molecule has 0 bridgehead atoms. The lowest BCUT2D eigenvalue weighted by Gasteiger charge is -2.30. The zero-order chi connectivity index (χ0) is 16.5. The average Bonchev–Trinajstić information content (AvgIpc) is 3.26. The summed E-state index contributed by atoms with van der Waals surface area (Å²) in [4.78, 5) is 13.9. The standard InChI is InChI=1S/C16H21ClFNO3/c1-16(8-20,9-21)7-19(2)15(22)11-6-10(11)14-12(17)4-3-5-13(14)18/h3-5,10-11,20-21H,6-9H2,1-2H3. The van der Waals surface area contributed by atoms with Gasteiger partial charge in [0, 0.05) is 41.4 Å². The van der Waals surface area contributed by atoms with Gasteiger partial charge < -0.3 is 15.1 Å². The number of hydrogen-bond donors (Lipinski definition) is 2. The van der Waals surface area contributed by atoms with Gasteiger partial charge in [-0.25, -0.2) is 4.39 Å². The second-order valence-corrected chi connectivity index (χ2v) is 6.81. The molecule has 2 N–H and O–H groups in total. The molecule has 0 aromatic heterocycles. The zero-order valence-electron chi connectivity index (χ0n) is 12.7. The van der Waals surface area contributed by atoms with E-state index >= 15 is 0 Å². The lowest BCUT2D eigenvalue weighted by molar-refractivity contribution is -0.133. The van der Waals surface area contributed by atoms with Crippen LogP contribution in [0.1, 0.15) is 24.8 Å². The molecule has 1 aliphatic carbocycles. The fourth-order valence-electron chi connectivity index (χ4n) is 2.74. The summed E-state index contributed by atoms with van der Waals surface area (Å²) >= 11 is 6.03. The molecule has 6 heteroatoms. The maximum atomic E-state index is 13.9. The van der Waals surface area contributed by atoms with Crippen molar-refractivity contribution in [3.8, 4) is 0 Å². The van der Waals surface area contributed by atoms with Crippen molar-refractivity contribution in [1.82, 2.24) is 4.90 Å². The van der Waals surface area contributed by atoms with Crippen LogP contribution in [0.15, 0.2) is 18.2 Å². The van der Waals surface area contributed by atoms with E-state index in [4.69, 9.17) is 11.6 Å². The van der Waals surface area contributed by atoms with Crippen LogP contribution in [0.3, 0.4) is 0 Å². The van der Waals surface area contributed by atoms with Crippen LogP contribution in [-0.2, 0) is 4.79 Å². The van der Waals surface area contributed by atoms with Crippen molar-refractivity contribution in [2.75, 3.05) is 26.8 Å². The maximum Gasteiger partial charge on any atom is 0.226 e. The summed E-state index contributed by atoms with van der Waals surface area (Å²) in [6, 6.07) is 4.51. The third-order valence-electron chi connectivity index (χ3n) is 4.24. The first kappa shape index (κ1) is 17.2. The number of carbonyl (C=O) groups excluding carboxylic acids is 1. The minimum Gasteiger partial charge on any atom is -0.396 e. The van der Waals surface area contributed by atoms with Gasteiger partial charge >= 0.3 is 0 Å². The molecule has 2 unspecified atom stereocenters. The molecule has 0 radical (unpaired) electrons. The number of rotatable bonds is 6. The number of halogens is 2. The minimum absolute atomic E-state index is 0.113. The predicted octanol–water partition coefficient (Wildman–Crippen LogP) is 2.03. The van der Waals surface area contributed by atoms with Crippen LogP contribution in [0.5, 0.6) is 0 Å². The highest BCUT2D eigenvalue weighted by molar-refractivity contribution is 6.31. The number of amides is 1. The van der Waals surface area contributed by atoms with Crippen LogP contribution < -0.4 is 0 Å². The molecule has 2 rings (SSSR count). The van der Waals surface area contributed by atoms with Crippen LogP contribution in [0, 0.1) is 17.2 Å². The van der Waals surface area contributed by atoms with E-state index in [0.29, 0.717) is 17.0 Å². The number of benzene rings is 1. The van der Waals surface area contributed by atoms with Gasteiger partial charge in [0.05, 0.1) is 13.2 Å². The summed E-state index contributed by atoms with van der Waals surface area (Å²) in [5, 5.41) is 19.0. The summed E-state index contributed by atoms with van der Waals surface area (Å²) in [5.74, 6) is -0.984. The van der Waals surface area contributed by atoms with Gasteiger partial charge in [-0.2, -0.15) is 0 Å². The van der Waals surface area contributed by atoms with Crippen molar-refractivity contribution in [2.24, 2.45) is 11.3 Å². The molecule has 2 atom stereocenters. The highest BCUT2D eigenvalue weighted by atomic mass is 35.5. The van der Waals surface area contributed by atoms with E-state index in [0.717, 1.165) is 0 Å². The van der Waals surface area contributed by atoms with Gasteiger partial charge in [-0.3, -0.25) is 4.79 Å². The highest BCUT2D eigenvalue weighted by Gasteiger charge is 2.47. The molecule has 0 saturated heterocycles.